The summed E-state index contributed by atoms with van der Waals surface area (Å²) in [7, 11) is 0. The number of nitrogens with two attached hydrogens (primary N) is 1. The van der Waals surface area contributed by atoms with Crippen LogP contribution in [-0.2, 0) is 4.74 Å². The fourth-order valence-electron chi connectivity index (χ4n) is 1.55. The molecule has 0 bridgehead atoms. The van der Waals surface area contributed by atoms with Gasteiger partial charge in [0.15, 0.2) is 0 Å². The molecule has 0 radical (unpaired) electrons. The van der Waals surface area contributed by atoms with Crippen LogP contribution < -0.4 is 16.6 Å². The molecular formula is C9H20N4O. The van der Waals surface area contributed by atoms with Crippen molar-refractivity contribution in [2.75, 3.05) is 13.2 Å². The fraction of sp³-hybridized carbons (Fsp3) is 0.889. The third-order valence-electron chi connectivity index (χ3n) is 2.74. The summed E-state index contributed by atoms with van der Waals surface area (Å²) in [5.41, 5.74) is 2.49. The Morgan fingerprint density at radius 3 is 2.86 bits per heavy atom. The van der Waals surface area contributed by atoms with Gasteiger partial charge < -0.3 is 10.1 Å². The van der Waals surface area contributed by atoms with E-state index < -0.39 is 0 Å². The smallest absolute Gasteiger partial charge is 0.206 e. The molecule has 5 heteroatoms. The van der Waals surface area contributed by atoms with Crippen molar-refractivity contribution in [2.45, 2.75) is 38.8 Å². The lowest BCUT2D eigenvalue weighted by Crippen LogP contribution is -2.56. The van der Waals surface area contributed by atoms with E-state index in [1.165, 1.54) is 0 Å². The van der Waals surface area contributed by atoms with Gasteiger partial charge in [0.25, 0.3) is 0 Å². The summed E-state index contributed by atoms with van der Waals surface area (Å²) in [6, 6.07) is 0. The second-order valence-electron chi connectivity index (χ2n) is 3.77. The Bertz CT molecular complexity index is 219. The summed E-state index contributed by atoms with van der Waals surface area (Å²) >= 11 is 0. The van der Waals surface area contributed by atoms with Gasteiger partial charge in [-0.1, -0.05) is 0 Å². The van der Waals surface area contributed by atoms with E-state index in [1.54, 1.807) is 0 Å². The fourth-order valence-corrected chi connectivity index (χ4v) is 1.55. The molecule has 1 saturated heterocycles. The highest BCUT2D eigenvalue weighted by molar-refractivity contribution is 5.80. The maximum Gasteiger partial charge on any atom is 0.206 e. The largest absolute Gasteiger partial charge is 0.376 e. The first-order valence-corrected chi connectivity index (χ1v) is 5.03. The topological polar surface area (TPSA) is 71.7 Å². The molecule has 1 aliphatic heterocycles. The Balaban J connectivity index is 2.61. The monoisotopic (exact) mass is 200 g/mol. The van der Waals surface area contributed by atoms with Crippen LogP contribution in [0.2, 0.25) is 0 Å². The third-order valence-corrected chi connectivity index (χ3v) is 2.74. The first-order valence-electron chi connectivity index (χ1n) is 5.03. The molecule has 0 spiro atoms. The molecule has 1 heterocycles. The lowest BCUT2D eigenvalue weighted by molar-refractivity contribution is 0.0945. The molecule has 14 heavy (non-hydrogen) atoms. The molecule has 0 aromatic rings. The second-order valence-corrected chi connectivity index (χ2v) is 3.77. The molecule has 82 valence electrons. The highest BCUT2D eigenvalue weighted by atomic mass is 16.5. The average Bonchev–Trinajstić information content (AvgIpc) is 2.47. The highest BCUT2D eigenvalue weighted by Crippen LogP contribution is 2.24. The number of hydrogen-bond acceptors (Lipinski definition) is 3. The van der Waals surface area contributed by atoms with Gasteiger partial charge in [0, 0.05) is 13.2 Å². The van der Waals surface area contributed by atoms with E-state index in [2.05, 4.69) is 29.6 Å². The number of nitrogens with zero attached hydrogens (tertiary/aromatic N) is 1. The van der Waals surface area contributed by atoms with Crippen molar-refractivity contribution in [1.29, 1.82) is 0 Å². The van der Waals surface area contributed by atoms with E-state index in [9.17, 15) is 0 Å². The minimum absolute atomic E-state index is 0.0691. The predicted molar refractivity (Wildman–Crippen MR) is 56.9 cm³/mol. The van der Waals surface area contributed by atoms with Crippen molar-refractivity contribution in [1.82, 2.24) is 10.7 Å². The van der Waals surface area contributed by atoms with Gasteiger partial charge in [0.2, 0.25) is 5.96 Å². The summed E-state index contributed by atoms with van der Waals surface area (Å²) in [6.45, 7) is 7.63. The number of guanidine groups is 1. The van der Waals surface area contributed by atoms with Crippen LogP contribution in [0.25, 0.3) is 0 Å². The van der Waals surface area contributed by atoms with Crippen molar-refractivity contribution in [3.8, 4) is 0 Å². The zero-order valence-corrected chi connectivity index (χ0v) is 9.13. The van der Waals surface area contributed by atoms with E-state index in [0.29, 0.717) is 12.5 Å². The highest BCUT2D eigenvalue weighted by Gasteiger charge is 2.37. The van der Waals surface area contributed by atoms with Crippen LogP contribution in [0.5, 0.6) is 0 Å². The Morgan fingerprint density at radius 1 is 1.71 bits per heavy atom. The van der Waals surface area contributed by atoms with Gasteiger partial charge in [-0.25, -0.2) is 5.84 Å². The lowest BCUT2D eigenvalue weighted by Gasteiger charge is -2.30. The number of ether oxygens (including phenoxy) is 1. The summed E-state index contributed by atoms with van der Waals surface area (Å²) < 4.78 is 5.51. The molecule has 5 nitrogen and oxygen atoms in total. The molecule has 0 aliphatic carbocycles. The Kier molecular flexibility index (Phi) is 3.71. The molecular weight excluding hydrogens is 180 g/mol. The molecule has 1 aliphatic rings. The van der Waals surface area contributed by atoms with Crippen LogP contribution in [0.4, 0.5) is 0 Å². The molecule has 0 aromatic heterocycles. The standard InChI is InChI=1S/C9H20N4O/c1-4-11-8(13-10)12-9(3)5-6-14-7(9)2/h7H,4-6,10H2,1-3H3,(H2,11,12,13). The molecule has 4 N–H and O–H groups in total. The van der Waals surface area contributed by atoms with E-state index in [1.807, 2.05) is 6.92 Å². The first-order chi connectivity index (χ1) is 6.62. The van der Waals surface area contributed by atoms with Gasteiger partial charge >= 0.3 is 0 Å². The van der Waals surface area contributed by atoms with Crippen molar-refractivity contribution in [2.24, 2.45) is 10.8 Å². The van der Waals surface area contributed by atoms with Gasteiger partial charge in [-0.05, 0) is 27.2 Å². The maximum atomic E-state index is 5.51. The van der Waals surface area contributed by atoms with E-state index in [-0.39, 0.29) is 11.6 Å². The molecule has 0 saturated carbocycles. The summed E-state index contributed by atoms with van der Waals surface area (Å²) in [6.07, 6.45) is 1.15. The number of hydrazine groups is 1. The minimum Gasteiger partial charge on any atom is -0.376 e. The van der Waals surface area contributed by atoms with Crippen molar-refractivity contribution in [3.63, 3.8) is 0 Å². The molecule has 2 atom stereocenters. The van der Waals surface area contributed by atoms with Gasteiger partial charge in [0.1, 0.15) is 0 Å². The Labute approximate surface area is 85.1 Å². The number of aliphatic imine (C=N–C) groups is 1. The third kappa shape index (κ3) is 2.36. The second kappa shape index (κ2) is 4.61. The zero-order chi connectivity index (χ0) is 10.6. The molecule has 0 aromatic carbocycles. The number of nitrogens with one attached hydrogen (secondary N) is 2. The average molecular weight is 200 g/mol. The zero-order valence-electron chi connectivity index (χ0n) is 9.13. The maximum absolute atomic E-state index is 5.51. The van der Waals surface area contributed by atoms with Crippen LogP contribution in [0.3, 0.4) is 0 Å². The van der Waals surface area contributed by atoms with Gasteiger partial charge in [-0.15, -0.1) is 0 Å². The molecule has 0 amide bonds. The van der Waals surface area contributed by atoms with Crippen LogP contribution in [0.1, 0.15) is 27.2 Å². The number of rotatable bonds is 2. The van der Waals surface area contributed by atoms with E-state index in [0.717, 1.165) is 13.0 Å². The SMILES string of the molecule is CCN=C(NN)NC1(C)CCOC1C. The van der Waals surface area contributed by atoms with Crippen molar-refractivity contribution >= 4 is 5.96 Å². The summed E-state index contributed by atoms with van der Waals surface area (Å²) in [4.78, 5) is 4.20. The summed E-state index contributed by atoms with van der Waals surface area (Å²) in [5.74, 6) is 5.99. The van der Waals surface area contributed by atoms with E-state index in [4.69, 9.17) is 10.6 Å². The molecule has 2 unspecified atom stereocenters. The normalized spacial score (nSPS) is 33.1. The Hall–Kier alpha value is -0.810. The minimum atomic E-state index is -0.0691. The lowest BCUT2D eigenvalue weighted by atomic mass is 9.95. The first kappa shape index (κ1) is 11.3. The van der Waals surface area contributed by atoms with Gasteiger partial charge in [0.05, 0.1) is 11.6 Å². The van der Waals surface area contributed by atoms with E-state index >= 15 is 0 Å². The van der Waals surface area contributed by atoms with Crippen LogP contribution in [0, 0.1) is 0 Å². The summed E-state index contributed by atoms with van der Waals surface area (Å²) in [5, 5.41) is 3.28. The molecule has 1 rings (SSSR count). The molecule has 1 fully saturated rings. The Morgan fingerprint density at radius 2 is 2.43 bits per heavy atom. The van der Waals surface area contributed by atoms with Gasteiger partial charge in [-0.2, -0.15) is 0 Å². The number of hydrogen-bond donors (Lipinski definition) is 3. The predicted octanol–water partition coefficient (Wildman–Crippen LogP) is -0.0173. The van der Waals surface area contributed by atoms with Crippen LogP contribution in [-0.4, -0.2) is 30.8 Å². The van der Waals surface area contributed by atoms with Crippen molar-refractivity contribution in [3.05, 3.63) is 0 Å². The van der Waals surface area contributed by atoms with Crippen LogP contribution in [0.15, 0.2) is 4.99 Å². The van der Waals surface area contributed by atoms with Crippen LogP contribution >= 0.6 is 0 Å². The van der Waals surface area contributed by atoms with Gasteiger partial charge in [-0.3, -0.25) is 10.4 Å². The van der Waals surface area contributed by atoms with Crippen molar-refractivity contribution < 1.29 is 4.74 Å². The quantitative estimate of drug-likeness (QED) is 0.253.